The van der Waals surface area contributed by atoms with E-state index in [2.05, 4.69) is 15.2 Å². The minimum Gasteiger partial charge on any atom is -0.387 e. The second-order valence-electron chi connectivity index (χ2n) is 2.57. The lowest BCUT2D eigenvalue weighted by Gasteiger charge is -2.03. The predicted octanol–water partition coefficient (Wildman–Crippen LogP) is 0.296. The Balaban J connectivity index is 2.52. The molecule has 70 valence electrons. The van der Waals surface area contributed by atoms with Gasteiger partial charge in [0.1, 0.15) is 4.99 Å². The van der Waals surface area contributed by atoms with Crippen LogP contribution < -0.4 is 5.73 Å². The lowest BCUT2D eigenvalue weighted by molar-refractivity contribution is 0.904. The summed E-state index contributed by atoms with van der Waals surface area (Å²) in [7, 11) is 0. The van der Waals surface area contributed by atoms with Crippen molar-refractivity contribution in [1.29, 1.82) is 0 Å². The lowest BCUT2D eigenvalue weighted by atomic mass is 10.5. The van der Waals surface area contributed by atoms with Crippen molar-refractivity contribution in [2.24, 2.45) is 5.73 Å². The van der Waals surface area contributed by atoms with E-state index in [0.29, 0.717) is 11.6 Å². The molecule has 0 saturated heterocycles. The average molecular weight is 205 g/mol. The maximum Gasteiger partial charge on any atom is 0.173 e. The summed E-state index contributed by atoms with van der Waals surface area (Å²) in [5, 5.41) is 7.68. The average Bonchev–Trinajstić information content (AvgIpc) is 2.67. The molecule has 0 radical (unpaired) electrons. The van der Waals surface area contributed by atoms with E-state index in [9.17, 15) is 0 Å². The maximum atomic E-state index is 5.50. The Labute approximate surface area is 85.6 Å². The fourth-order valence-corrected chi connectivity index (χ4v) is 1.24. The van der Waals surface area contributed by atoms with Gasteiger partial charge < -0.3 is 5.73 Å². The van der Waals surface area contributed by atoms with Crippen LogP contribution in [-0.4, -0.2) is 24.7 Å². The van der Waals surface area contributed by atoms with Crippen molar-refractivity contribution >= 4 is 17.2 Å². The molecule has 0 saturated carbocycles. The van der Waals surface area contributed by atoms with Crippen LogP contribution in [0.15, 0.2) is 30.7 Å². The first-order chi connectivity index (χ1) is 6.79. The maximum absolute atomic E-state index is 5.50. The third-order valence-corrected chi connectivity index (χ3v) is 1.85. The number of hydrogen-bond donors (Lipinski definition) is 1. The van der Waals surface area contributed by atoms with Crippen LogP contribution in [0, 0.1) is 0 Å². The molecule has 0 bridgehead atoms. The third kappa shape index (κ3) is 1.47. The molecule has 2 aromatic rings. The molecule has 2 N–H and O–H groups in total. The highest BCUT2D eigenvalue weighted by Gasteiger charge is 2.07. The van der Waals surface area contributed by atoms with E-state index in [1.165, 1.54) is 0 Å². The first-order valence-corrected chi connectivity index (χ1v) is 4.31. The number of aromatic nitrogens is 4. The van der Waals surface area contributed by atoms with Crippen molar-refractivity contribution in [3.05, 3.63) is 36.5 Å². The molecule has 0 amide bonds. The van der Waals surface area contributed by atoms with Gasteiger partial charge in [-0.25, -0.2) is 4.98 Å². The highest BCUT2D eigenvalue weighted by molar-refractivity contribution is 7.80. The first-order valence-electron chi connectivity index (χ1n) is 3.90. The summed E-state index contributed by atoms with van der Waals surface area (Å²) in [4.78, 5) is 4.26. The largest absolute Gasteiger partial charge is 0.387 e. The Hall–Kier alpha value is -1.82. The normalized spacial score (nSPS) is 10.0. The predicted molar refractivity (Wildman–Crippen MR) is 55.0 cm³/mol. The summed E-state index contributed by atoms with van der Waals surface area (Å²) < 4.78 is 1.69. The van der Waals surface area contributed by atoms with Gasteiger partial charge in [0.15, 0.2) is 11.6 Å². The smallest absolute Gasteiger partial charge is 0.173 e. The number of nitrogens with zero attached hydrogens (tertiary/aromatic N) is 4. The van der Waals surface area contributed by atoms with E-state index in [1.54, 1.807) is 35.3 Å². The van der Waals surface area contributed by atoms with Gasteiger partial charge in [0.2, 0.25) is 0 Å². The zero-order valence-electron chi connectivity index (χ0n) is 7.16. The third-order valence-electron chi connectivity index (χ3n) is 1.67. The molecule has 0 atom stereocenters. The van der Waals surface area contributed by atoms with E-state index in [1.807, 2.05) is 0 Å². The molecule has 0 aliphatic heterocycles. The highest BCUT2D eigenvalue weighted by Crippen LogP contribution is 2.05. The number of thiocarbonyl (C=S) groups is 1. The van der Waals surface area contributed by atoms with Gasteiger partial charge in [0, 0.05) is 18.6 Å². The summed E-state index contributed by atoms with van der Waals surface area (Å²) in [5.74, 6) is 1.16. The van der Waals surface area contributed by atoms with Crippen LogP contribution in [0.1, 0.15) is 5.82 Å². The van der Waals surface area contributed by atoms with Crippen molar-refractivity contribution in [1.82, 2.24) is 19.7 Å². The van der Waals surface area contributed by atoms with Crippen molar-refractivity contribution in [2.75, 3.05) is 0 Å². The Kier molecular flexibility index (Phi) is 2.19. The summed E-state index contributed by atoms with van der Waals surface area (Å²) in [5.41, 5.74) is 5.50. The lowest BCUT2D eigenvalue weighted by Crippen LogP contribution is -2.16. The van der Waals surface area contributed by atoms with E-state index in [4.69, 9.17) is 18.0 Å². The monoisotopic (exact) mass is 205 g/mol. The fourth-order valence-electron chi connectivity index (χ4n) is 1.09. The molecule has 0 aliphatic rings. The summed E-state index contributed by atoms with van der Waals surface area (Å²) in [6.45, 7) is 0. The minimum absolute atomic E-state index is 0.237. The van der Waals surface area contributed by atoms with Gasteiger partial charge in [-0.2, -0.15) is 5.10 Å². The van der Waals surface area contributed by atoms with Crippen LogP contribution >= 0.6 is 12.2 Å². The number of nitrogens with two attached hydrogens (primary N) is 1. The van der Waals surface area contributed by atoms with Crippen LogP contribution in [0.2, 0.25) is 0 Å². The Morgan fingerprint density at radius 3 is 2.93 bits per heavy atom. The zero-order valence-corrected chi connectivity index (χ0v) is 7.98. The van der Waals surface area contributed by atoms with E-state index >= 15 is 0 Å². The second-order valence-corrected chi connectivity index (χ2v) is 3.01. The van der Waals surface area contributed by atoms with Crippen molar-refractivity contribution in [3.8, 4) is 5.82 Å². The van der Waals surface area contributed by atoms with E-state index in [-0.39, 0.29) is 4.99 Å². The van der Waals surface area contributed by atoms with Crippen molar-refractivity contribution < 1.29 is 0 Å². The zero-order chi connectivity index (χ0) is 9.97. The first kappa shape index (κ1) is 8.76. The summed E-state index contributed by atoms with van der Waals surface area (Å²) in [6.07, 6.45) is 4.95. The van der Waals surface area contributed by atoms with Gasteiger partial charge in [-0.3, -0.25) is 4.57 Å². The second kappa shape index (κ2) is 3.51. The Bertz CT molecular complexity index is 450. The minimum atomic E-state index is 0.237. The van der Waals surface area contributed by atoms with Gasteiger partial charge in [0.05, 0.1) is 0 Å². The van der Waals surface area contributed by atoms with Gasteiger partial charge in [-0.05, 0) is 12.1 Å². The fraction of sp³-hybridized carbons (Fsp3) is 0. The molecule has 2 aromatic heterocycles. The molecule has 2 rings (SSSR count). The number of imidazole rings is 1. The summed E-state index contributed by atoms with van der Waals surface area (Å²) >= 11 is 4.85. The van der Waals surface area contributed by atoms with E-state index in [0.717, 1.165) is 0 Å². The molecule has 0 aromatic carbocycles. The molecule has 0 fully saturated rings. The van der Waals surface area contributed by atoms with Gasteiger partial charge in [0.25, 0.3) is 0 Å². The molecule has 5 nitrogen and oxygen atoms in total. The molecule has 0 unspecified atom stereocenters. The van der Waals surface area contributed by atoms with Crippen LogP contribution in [0.3, 0.4) is 0 Å². The SMILES string of the molecule is NC(=S)c1nccn1-c1cccnn1. The molecule has 0 spiro atoms. The standard InChI is InChI=1S/C8H7N5S/c9-7(14)8-10-4-5-13(8)6-2-1-3-11-12-6/h1-5H,(H2,9,14). The molecule has 14 heavy (non-hydrogen) atoms. The van der Waals surface area contributed by atoms with Crippen LogP contribution in [0.4, 0.5) is 0 Å². The number of hydrogen-bond acceptors (Lipinski definition) is 4. The molecule has 0 aliphatic carbocycles. The Morgan fingerprint density at radius 1 is 1.43 bits per heavy atom. The molecular weight excluding hydrogens is 198 g/mol. The van der Waals surface area contributed by atoms with Gasteiger partial charge >= 0.3 is 0 Å². The molecular formula is C8H7N5S. The van der Waals surface area contributed by atoms with Gasteiger partial charge in [-0.15, -0.1) is 5.10 Å². The molecule has 6 heteroatoms. The van der Waals surface area contributed by atoms with E-state index < -0.39 is 0 Å². The van der Waals surface area contributed by atoms with Crippen LogP contribution in [0.25, 0.3) is 5.82 Å². The van der Waals surface area contributed by atoms with Crippen LogP contribution in [0.5, 0.6) is 0 Å². The quantitative estimate of drug-likeness (QED) is 0.714. The Morgan fingerprint density at radius 2 is 2.29 bits per heavy atom. The highest BCUT2D eigenvalue weighted by atomic mass is 32.1. The van der Waals surface area contributed by atoms with Crippen molar-refractivity contribution in [2.45, 2.75) is 0 Å². The van der Waals surface area contributed by atoms with Gasteiger partial charge in [-0.1, -0.05) is 12.2 Å². The summed E-state index contributed by atoms with van der Waals surface area (Å²) in [6, 6.07) is 3.59. The van der Waals surface area contributed by atoms with Crippen LogP contribution in [-0.2, 0) is 0 Å². The van der Waals surface area contributed by atoms with Crippen molar-refractivity contribution in [3.63, 3.8) is 0 Å². The molecule has 2 heterocycles. The number of rotatable bonds is 2. The topological polar surface area (TPSA) is 69.6 Å².